The molecule has 1 saturated heterocycles. The van der Waals surface area contributed by atoms with Crippen LogP contribution in [0.5, 0.6) is 0 Å². The second kappa shape index (κ2) is 5.36. The summed E-state index contributed by atoms with van der Waals surface area (Å²) in [6.45, 7) is 0. The van der Waals surface area contributed by atoms with Gasteiger partial charge in [-0.1, -0.05) is 18.0 Å². The first kappa shape index (κ1) is 12.8. The molecule has 1 nitrogen and oxygen atoms in total. The Morgan fingerprint density at radius 2 is 2.06 bits per heavy atom. The maximum absolute atomic E-state index is 13.6. The summed E-state index contributed by atoms with van der Waals surface area (Å²) in [4.78, 5) is 12.0. The average Bonchev–Trinajstić information content (AvgIpc) is 2.34. The Bertz CT molecular complexity index is 444. The summed E-state index contributed by atoms with van der Waals surface area (Å²) in [7, 11) is 0. The van der Waals surface area contributed by atoms with E-state index in [0.717, 1.165) is 37.1 Å². The Morgan fingerprint density at radius 3 is 2.71 bits per heavy atom. The van der Waals surface area contributed by atoms with Crippen LogP contribution < -0.4 is 0 Å². The van der Waals surface area contributed by atoms with Crippen molar-refractivity contribution in [1.82, 2.24) is 0 Å². The van der Waals surface area contributed by atoms with Gasteiger partial charge < -0.3 is 0 Å². The van der Waals surface area contributed by atoms with Gasteiger partial charge in [0.1, 0.15) is 11.6 Å². The molecule has 0 N–H and O–H groups in total. The van der Waals surface area contributed by atoms with E-state index in [1.165, 1.54) is 11.8 Å². The number of hydrogen-bond donors (Lipinski definition) is 0. The molecule has 0 amide bonds. The van der Waals surface area contributed by atoms with Crippen molar-refractivity contribution >= 4 is 29.1 Å². The number of thioether (sulfide) groups is 1. The summed E-state index contributed by atoms with van der Waals surface area (Å²) in [5, 5.41) is -0.547. The minimum Gasteiger partial charge on any atom is -0.293 e. The quantitative estimate of drug-likeness (QED) is 0.598. The lowest BCUT2D eigenvalue weighted by Crippen LogP contribution is -2.22. The molecule has 0 radical (unpaired) electrons. The number of carbonyl (C=O) groups excluding carboxylic acids is 1. The fraction of sp³-hybridized carbons (Fsp3) is 0.417. The van der Waals surface area contributed by atoms with Gasteiger partial charge in [-0.3, -0.25) is 4.79 Å². The number of Topliss-reactive ketones (excluding diaryl/α,β-unsaturated/α-hetero) is 1. The summed E-state index contributed by atoms with van der Waals surface area (Å²) < 4.78 is 26.8. The molecule has 1 aliphatic rings. The molecule has 1 unspecified atom stereocenters. The van der Waals surface area contributed by atoms with Crippen LogP contribution in [-0.4, -0.2) is 16.8 Å². The molecule has 0 saturated carbocycles. The van der Waals surface area contributed by atoms with Gasteiger partial charge in [0.15, 0.2) is 5.78 Å². The summed E-state index contributed by atoms with van der Waals surface area (Å²) in [5.41, 5.74) is -0.189. The first-order valence-electron chi connectivity index (χ1n) is 5.40. The van der Waals surface area contributed by atoms with Crippen LogP contribution in [0.1, 0.15) is 29.6 Å². The smallest absolute Gasteiger partial charge is 0.178 e. The van der Waals surface area contributed by atoms with Crippen molar-refractivity contribution in [2.24, 2.45) is 0 Å². The van der Waals surface area contributed by atoms with Crippen molar-refractivity contribution in [1.29, 1.82) is 0 Å². The second-order valence-electron chi connectivity index (χ2n) is 3.97. The van der Waals surface area contributed by atoms with E-state index in [9.17, 15) is 13.6 Å². The van der Waals surface area contributed by atoms with Crippen molar-refractivity contribution in [2.45, 2.75) is 24.5 Å². The van der Waals surface area contributed by atoms with Crippen LogP contribution in [0, 0.1) is 11.6 Å². The largest absolute Gasteiger partial charge is 0.293 e. The van der Waals surface area contributed by atoms with Crippen LogP contribution in [0.4, 0.5) is 8.78 Å². The van der Waals surface area contributed by atoms with E-state index in [2.05, 4.69) is 0 Å². The lowest BCUT2D eigenvalue weighted by molar-refractivity contribution is 0.0980. The summed E-state index contributed by atoms with van der Waals surface area (Å²) >= 11 is 6.96. The maximum Gasteiger partial charge on any atom is 0.178 e. The molecule has 17 heavy (non-hydrogen) atoms. The lowest BCUT2D eigenvalue weighted by atomic mass is 10.0. The number of benzene rings is 1. The molecule has 1 aromatic rings. The number of rotatable bonds is 2. The first-order chi connectivity index (χ1) is 8.09. The van der Waals surface area contributed by atoms with Crippen molar-refractivity contribution < 1.29 is 13.6 Å². The Hall–Kier alpha value is -0.610. The zero-order chi connectivity index (χ0) is 12.4. The van der Waals surface area contributed by atoms with E-state index in [4.69, 9.17) is 11.6 Å². The Labute approximate surface area is 108 Å². The van der Waals surface area contributed by atoms with Crippen LogP contribution in [0.2, 0.25) is 5.02 Å². The van der Waals surface area contributed by atoms with E-state index in [0.29, 0.717) is 0 Å². The SMILES string of the molecule is O=C(c1cc(F)c(Cl)cc1F)C1CCCCS1. The summed E-state index contributed by atoms with van der Waals surface area (Å²) in [6, 6.07) is 1.76. The van der Waals surface area contributed by atoms with Crippen molar-refractivity contribution in [3.05, 3.63) is 34.4 Å². The van der Waals surface area contributed by atoms with Crippen LogP contribution in [0.3, 0.4) is 0 Å². The minimum atomic E-state index is -0.753. The third kappa shape index (κ3) is 2.80. The van der Waals surface area contributed by atoms with Gasteiger partial charge in [0, 0.05) is 0 Å². The number of halogens is 3. The number of ketones is 1. The molecule has 2 rings (SSSR count). The van der Waals surface area contributed by atoms with E-state index < -0.39 is 11.6 Å². The van der Waals surface area contributed by atoms with Crippen LogP contribution >= 0.6 is 23.4 Å². The fourth-order valence-electron chi connectivity index (χ4n) is 1.83. The first-order valence-corrected chi connectivity index (χ1v) is 6.82. The van der Waals surface area contributed by atoms with E-state index in [-0.39, 0.29) is 21.6 Å². The molecule has 92 valence electrons. The summed E-state index contributed by atoms with van der Waals surface area (Å²) in [6.07, 6.45) is 2.76. The second-order valence-corrected chi connectivity index (χ2v) is 5.68. The predicted molar refractivity (Wildman–Crippen MR) is 65.8 cm³/mol. The highest BCUT2D eigenvalue weighted by Crippen LogP contribution is 2.29. The van der Waals surface area contributed by atoms with Gasteiger partial charge in [0.2, 0.25) is 0 Å². The van der Waals surface area contributed by atoms with Crippen molar-refractivity contribution in [2.75, 3.05) is 5.75 Å². The van der Waals surface area contributed by atoms with Gasteiger partial charge in [0.05, 0.1) is 15.8 Å². The van der Waals surface area contributed by atoms with Gasteiger partial charge in [-0.05, 0) is 30.7 Å². The van der Waals surface area contributed by atoms with E-state index >= 15 is 0 Å². The van der Waals surface area contributed by atoms with Gasteiger partial charge in [-0.15, -0.1) is 0 Å². The third-order valence-corrected chi connectivity index (χ3v) is 4.41. The Kier molecular flexibility index (Phi) is 4.05. The van der Waals surface area contributed by atoms with Crippen LogP contribution in [0.15, 0.2) is 12.1 Å². The highest BCUT2D eigenvalue weighted by atomic mass is 35.5. The Balaban J connectivity index is 2.26. The third-order valence-electron chi connectivity index (χ3n) is 2.75. The van der Waals surface area contributed by atoms with Gasteiger partial charge in [-0.25, -0.2) is 8.78 Å². The average molecular weight is 277 g/mol. The standard InChI is InChI=1S/C12H11ClF2OS/c13-8-6-9(14)7(5-10(8)15)12(16)11-3-1-2-4-17-11/h5-6,11H,1-4H2. The van der Waals surface area contributed by atoms with E-state index in [1.54, 1.807) is 0 Å². The van der Waals surface area contributed by atoms with Gasteiger partial charge in [0.25, 0.3) is 0 Å². The molecule has 1 aliphatic heterocycles. The lowest BCUT2D eigenvalue weighted by Gasteiger charge is -2.20. The molecule has 1 heterocycles. The Morgan fingerprint density at radius 1 is 1.29 bits per heavy atom. The molecular weight excluding hydrogens is 266 g/mol. The molecule has 0 aromatic heterocycles. The molecular formula is C12H11ClF2OS. The van der Waals surface area contributed by atoms with Crippen molar-refractivity contribution in [3.8, 4) is 0 Å². The zero-order valence-corrected chi connectivity index (χ0v) is 10.6. The highest BCUT2D eigenvalue weighted by Gasteiger charge is 2.26. The van der Waals surface area contributed by atoms with Crippen LogP contribution in [-0.2, 0) is 0 Å². The number of carbonyl (C=O) groups is 1. The minimum absolute atomic E-state index is 0.189. The van der Waals surface area contributed by atoms with E-state index in [1.807, 2.05) is 0 Å². The number of hydrogen-bond acceptors (Lipinski definition) is 2. The van der Waals surface area contributed by atoms with Gasteiger partial charge in [-0.2, -0.15) is 11.8 Å². The predicted octanol–water partition coefficient (Wildman–Crippen LogP) is 4.09. The van der Waals surface area contributed by atoms with Crippen molar-refractivity contribution in [3.63, 3.8) is 0 Å². The highest BCUT2D eigenvalue weighted by molar-refractivity contribution is 8.00. The molecule has 5 heteroatoms. The molecule has 1 atom stereocenters. The molecule has 0 aliphatic carbocycles. The molecule has 1 fully saturated rings. The summed E-state index contributed by atoms with van der Waals surface area (Å²) in [5.74, 6) is -0.929. The van der Waals surface area contributed by atoms with Crippen LogP contribution in [0.25, 0.3) is 0 Å². The monoisotopic (exact) mass is 276 g/mol. The fourth-order valence-corrected chi connectivity index (χ4v) is 3.25. The zero-order valence-electron chi connectivity index (χ0n) is 9.01. The van der Waals surface area contributed by atoms with Gasteiger partial charge >= 0.3 is 0 Å². The topological polar surface area (TPSA) is 17.1 Å². The normalized spacial score (nSPS) is 20.3. The molecule has 0 bridgehead atoms. The molecule has 0 spiro atoms. The maximum atomic E-state index is 13.6. The molecule has 1 aromatic carbocycles.